The summed E-state index contributed by atoms with van der Waals surface area (Å²) in [6.07, 6.45) is 0. The van der Waals surface area contributed by atoms with Crippen LogP contribution in [0.1, 0.15) is 23.5 Å². The SMILES string of the molecule is CCS(=O)(=O)C[C@H](C)NC(=O)c1sccc1-c1ccccc1. The molecule has 0 saturated heterocycles. The van der Waals surface area contributed by atoms with Gasteiger partial charge in [-0.3, -0.25) is 4.79 Å². The van der Waals surface area contributed by atoms with Gasteiger partial charge in [-0.05, 0) is 23.9 Å². The number of benzene rings is 1. The van der Waals surface area contributed by atoms with Crippen LogP contribution in [0, 0.1) is 0 Å². The van der Waals surface area contributed by atoms with Crippen LogP contribution in [0.5, 0.6) is 0 Å². The zero-order valence-electron chi connectivity index (χ0n) is 12.6. The van der Waals surface area contributed by atoms with Crippen molar-refractivity contribution in [2.24, 2.45) is 0 Å². The fourth-order valence-electron chi connectivity index (χ4n) is 2.16. The largest absolute Gasteiger partial charge is 0.348 e. The lowest BCUT2D eigenvalue weighted by atomic mass is 10.1. The number of sulfone groups is 1. The first-order valence-electron chi connectivity index (χ1n) is 7.07. The van der Waals surface area contributed by atoms with E-state index in [9.17, 15) is 13.2 Å². The van der Waals surface area contributed by atoms with Crippen molar-refractivity contribution in [3.63, 3.8) is 0 Å². The zero-order valence-corrected chi connectivity index (χ0v) is 14.2. The van der Waals surface area contributed by atoms with Gasteiger partial charge in [-0.15, -0.1) is 11.3 Å². The van der Waals surface area contributed by atoms with E-state index < -0.39 is 15.9 Å². The minimum Gasteiger partial charge on any atom is -0.348 e. The summed E-state index contributed by atoms with van der Waals surface area (Å²) in [5, 5.41) is 4.64. The molecule has 22 heavy (non-hydrogen) atoms. The monoisotopic (exact) mass is 337 g/mol. The molecule has 0 radical (unpaired) electrons. The highest BCUT2D eigenvalue weighted by Crippen LogP contribution is 2.28. The first kappa shape index (κ1) is 16.7. The van der Waals surface area contributed by atoms with Gasteiger partial charge in [0.15, 0.2) is 9.84 Å². The minimum atomic E-state index is -3.11. The van der Waals surface area contributed by atoms with Crippen LogP contribution in [0.15, 0.2) is 41.8 Å². The highest BCUT2D eigenvalue weighted by Gasteiger charge is 2.19. The van der Waals surface area contributed by atoms with Crippen LogP contribution >= 0.6 is 11.3 Å². The number of hydrogen-bond donors (Lipinski definition) is 1. The Hall–Kier alpha value is -1.66. The number of nitrogens with one attached hydrogen (secondary N) is 1. The lowest BCUT2D eigenvalue weighted by molar-refractivity contribution is 0.0948. The third-order valence-corrected chi connectivity index (χ3v) is 6.08. The molecule has 4 nitrogen and oxygen atoms in total. The summed E-state index contributed by atoms with van der Waals surface area (Å²) < 4.78 is 23.2. The number of amides is 1. The molecular weight excluding hydrogens is 318 g/mol. The van der Waals surface area contributed by atoms with Crippen molar-refractivity contribution in [3.8, 4) is 11.1 Å². The van der Waals surface area contributed by atoms with E-state index in [1.54, 1.807) is 13.8 Å². The molecule has 2 aromatic rings. The molecule has 2 rings (SSSR count). The van der Waals surface area contributed by atoms with E-state index in [0.29, 0.717) is 4.88 Å². The van der Waals surface area contributed by atoms with E-state index in [4.69, 9.17) is 0 Å². The first-order chi connectivity index (χ1) is 10.4. The second-order valence-corrected chi connectivity index (χ2v) is 8.42. The number of rotatable bonds is 6. The molecule has 1 aromatic heterocycles. The first-order valence-corrected chi connectivity index (χ1v) is 9.77. The van der Waals surface area contributed by atoms with Gasteiger partial charge >= 0.3 is 0 Å². The molecular formula is C16H19NO3S2. The van der Waals surface area contributed by atoms with Crippen LogP contribution in [0.25, 0.3) is 11.1 Å². The highest BCUT2D eigenvalue weighted by molar-refractivity contribution is 7.91. The Morgan fingerprint density at radius 3 is 2.55 bits per heavy atom. The summed E-state index contributed by atoms with van der Waals surface area (Å²) in [6.45, 7) is 3.32. The Bertz CT molecular complexity index is 736. The minimum absolute atomic E-state index is 0.0404. The molecule has 0 aliphatic carbocycles. The van der Waals surface area contributed by atoms with Gasteiger partial charge in [0.2, 0.25) is 0 Å². The van der Waals surface area contributed by atoms with Gasteiger partial charge in [0, 0.05) is 17.4 Å². The highest BCUT2D eigenvalue weighted by atomic mass is 32.2. The quantitative estimate of drug-likeness (QED) is 0.881. The predicted octanol–water partition coefficient (Wildman–Crippen LogP) is 2.97. The average Bonchev–Trinajstić information content (AvgIpc) is 2.97. The molecule has 0 aliphatic rings. The maximum atomic E-state index is 12.4. The van der Waals surface area contributed by atoms with E-state index >= 15 is 0 Å². The Morgan fingerprint density at radius 2 is 1.91 bits per heavy atom. The van der Waals surface area contributed by atoms with Crippen molar-refractivity contribution in [1.29, 1.82) is 0 Å². The van der Waals surface area contributed by atoms with E-state index in [1.807, 2.05) is 41.8 Å². The van der Waals surface area contributed by atoms with Crippen LogP contribution in [-0.4, -0.2) is 31.9 Å². The van der Waals surface area contributed by atoms with Crippen molar-refractivity contribution in [3.05, 3.63) is 46.7 Å². The van der Waals surface area contributed by atoms with Gasteiger partial charge in [0.05, 0.1) is 10.6 Å². The van der Waals surface area contributed by atoms with Crippen molar-refractivity contribution in [2.45, 2.75) is 19.9 Å². The number of carbonyl (C=O) groups is 1. The Balaban J connectivity index is 2.13. The summed E-state index contributed by atoms with van der Waals surface area (Å²) in [4.78, 5) is 13.0. The third-order valence-electron chi connectivity index (χ3n) is 3.28. The fourth-order valence-corrected chi connectivity index (χ4v) is 4.06. The number of thiophene rings is 1. The van der Waals surface area contributed by atoms with Gasteiger partial charge in [-0.25, -0.2) is 8.42 Å². The second-order valence-electron chi connectivity index (χ2n) is 5.10. The summed E-state index contributed by atoms with van der Waals surface area (Å²) in [5.41, 5.74) is 1.84. The molecule has 0 aliphatic heterocycles. The maximum absolute atomic E-state index is 12.4. The molecule has 1 amide bonds. The summed E-state index contributed by atoms with van der Waals surface area (Å²) >= 11 is 1.36. The normalized spacial score (nSPS) is 12.8. The van der Waals surface area contributed by atoms with Crippen LogP contribution in [0.2, 0.25) is 0 Å². The van der Waals surface area contributed by atoms with E-state index in [1.165, 1.54) is 11.3 Å². The van der Waals surface area contributed by atoms with Crippen LogP contribution in [-0.2, 0) is 9.84 Å². The average molecular weight is 337 g/mol. The van der Waals surface area contributed by atoms with Crippen molar-refractivity contribution in [1.82, 2.24) is 5.32 Å². The third kappa shape index (κ3) is 4.18. The summed E-state index contributed by atoms with van der Waals surface area (Å²) in [5.74, 6) is -0.185. The Kier molecular flexibility index (Phi) is 5.37. The van der Waals surface area contributed by atoms with Gasteiger partial charge in [-0.2, -0.15) is 0 Å². The summed E-state index contributed by atoms with van der Waals surface area (Å²) in [6, 6.07) is 11.2. The standard InChI is InChI=1S/C16H19NO3S2/c1-3-22(19,20)11-12(2)17-16(18)15-14(9-10-21-15)13-7-5-4-6-8-13/h4-10,12H,3,11H2,1-2H3,(H,17,18)/t12-/m0/s1. The van der Waals surface area contributed by atoms with Crippen molar-refractivity contribution >= 4 is 27.1 Å². The van der Waals surface area contributed by atoms with E-state index in [0.717, 1.165) is 11.1 Å². The lowest BCUT2D eigenvalue weighted by Gasteiger charge is -2.13. The molecule has 0 saturated carbocycles. The number of carbonyl (C=O) groups excluding carboxylic acids is 1. The van der Waals surface area contributed by atoms with Gasteiger partial charge in [0.25, 0.3) is 5.91 Å². The molecule has 1 N–H and O–H groups in total. The van der Waals surface area contributed by atoms with Gasteiger partial charge in [0.1, 0.15) is 0 Å². The molecule has 0 bridgehead atoms. The topological polar surface area (TPSA) is 63.2 Å². The molecule has 0 spiro atoms. The van der Waals surface area contributed by atoms with E-state index in [2.05, 4.69) is 5.32 Å². The molecule has 118 valence electrons. The second kappa shape index (κ2) is 7.07. The fraction of sp³-hybridized carbons (Fsp3) is 0.312. The predicted molar refractivity (Wildman–Crippen MR) is 91.0 cm³/mol. The van der Waals surface area contributed by atoms with Crippen LogP contribution in [0.3, 0.4) is 0 Å². The van der Waals surface area contributed by atoms with Crippen LogP contribution in [0.4, 0.5) is 0 Å². The van der Waals surface area contributed by atoms with Gasteiger partial charge in [-0.1, -0.05) is 37.3 Å². The maximum Gasteiger partial charge on any atom is 0.262 e. The zero-order chi connectivity index (χ0) is 16.2. The molecule has 1 atom stereocenters. The van der Waals surface area contributed by atoms with E-state index in [-0.39, 0.29) is 17.4 Å². The van der Waals surface area contributed by atoms with Crippen molar-refractivity contribution < 1.29 is 13.2 Å². The lowest BCUT2D eigenvalue weighted by Crippen LogP contribution is -2.37. The number of hydrogen-bond acceptors (Lipinski definition) is 4. The Labute approximate surface area is 135 Å². The van der Waals surface area contributed by atoms with Crippen LogP contribution < -0.4 is 5.32 Å². The summed E-state index contributed by atoms with van der Waals surface area (Å²) in [7, 11) is -3.11. The molecule has 0 fully saturated rings. The molecule has 0 unspecified atom stereocenters. The molecule has 1 aromatic carbocycles. The smallest absolute Gasteiger partial charge is 0.262 e. The molecule has 1 heterocycles. The van der Waals surface area contributed by atoms with Gasteiger partial charge < -0.3 is 5.32 Å². The van der Waals surface area contributed by atoms with Crippen molar-refractivity contribution in [2.75, 3.05) is 11.5 Å². The Morgan fingerprint density at radius 1 is 1.23 bits per heavy atom. The molecule has 6 heteroatoms.